The smallest absolute Gasteiger partial charge is 0.212 e. The molecular formula is C48H26N4S. The largest absolute Gasteiger partial charge is 0.319 e. The van der Waals surface area contributed by atoms with E-state index in [2.05, 4.69) is 154 Å². The van der Waals surface area contributed by atoms with Crippen LogP contribution < -0.4 is 0 Å². The Morgan fingerprint density at radius 3 is 2.02 bits per heavy atom. The molecule has 0 saturated heterocycles. The van der Waals surface area contributed by atoms with Gasteiger partial charge in [0.25, 0.3) is 0 Å². The van der Waals surface area contributed by atoms with Gasteiger partial charge in [-0.3, -0.25) is 0 Å². The van der Waals surface area contributed by atoms with Crippen molar-refractivity contribution >= 4 is 91.6 Å². The van der Waals surface area contributed by atoms with Crippen molar-refractivity contribution in [3.05, 3.63) is 175 Å². The van der Waals surface area contributed by atoms with Gasteiger partial charge in [-0.2, -0.15) is 5.26 Å². The van der Waals surface area contributed by atoms with Crippen molar-refractivity contribution in [2.75, 3.05) is 0 Å². The first-order valence-corrected chi connectivity index (χ1v) is 18.3. The Morgan fingerprint density at radius 1 is 0.491 bits per heavy atom. The van der Waals surface area contributed by atoms with Crippen molar-refractivity contribution < 1.29 is 0 Å². The van der Waals surface area contributed by atoms with Crippen molar-refractivity contribution in [1.82, 2.24) is 9.13 Å². The highest BCUT2D eigenvalue weighted by Crippen LogP contribution is 2.46. The summed E-state index contributed by atoms with van der Waals surface area (Å²) in [6, 6.07) is 57.5. The summed E-state index contributed by atoms with van der Waals surface area (Å²) in [5, 5.41) is 20.2. The summed E-state index contributed by atoms with van der Waals surface area (Å²) in [4.78, 5) is 4.16. The molecule has 0 unspecified atom stereocenters. The predicted molar refractivity (Wildman–Crippen MR) is 222 cm³/mol. The lowest BCUT2D eigenvalue weighted by Gasteiger charge is -2.16. The quantitative estimate of drug-likeness (QED) is 0.170. The molecule has 244 valence electrons. The van der Waals surface area contributed by atoms with Gasteiger partial charge in [0.15, 0.2) is 0 Å². The van der Waals surface area contributed by atoms with E-state index in [4.69, 9.17) is 6.57 Å². The number of para-hydroxylation sites is 1. The minimum atomic E-state index is 0.480. The van der Waals surface area contributed by atoms with Crippen LogP contribution >= 0.6 is 11.3 Å². The van der Waals surface area contributed by atoms with E-state index >= 15 is 0 Å². The molecule has 3 aromatic heterocycles. The van der Waals surface area contributed by atoms with Gasteiger partial charge in [-0.15, -0.1) is 11.3 Å². The van der Waals surface area contributed by atoms with Crippen LogP contribution in [0.5, 0.6) is 0 Å². The van der Waals surface area contributed by atoms with E-state index in [0.717, 1.165) is 65.5 Å². The van der Waals surface area contributed by atoms with Crippen LogP contribution in [0.4, 0.5) is 5.69 Å². The third-order valence-corrected chi connectivity index (χ3v) is 11.9. The number of rotatable bonds is 3. The van der Waals surface area contributed by atoms with E-state index in [1.807, 2.05) is 24.3 Å². The normalized spacial score (nSPS) is 11.7. The van der Waals surface area contributed by atoms with Gasteiger partial charge in [0.05, 0.1) is 45.6 Å². The third kappa shape index (κ3) is 4.14. The van der Waals surface area contributed by atoms with Gasteiger partial charge in [-0.05, 0) is 76.5 Å². The minimum Gasteiger partial charge on any atom is -0.319 e. The molecule has 0 saturated carbocycles. The number of hydrogen-bond donors (Lipinski definition) is 0. The molecule has 11 aromatic rings. The lowest BCUT2D eigenvalue weighted by molar-refractivity contribution is 1.14. The zero-order chi connectivity index (χ0) is 35.2. The lowest BCUT2D eigenvalue weighted by atomic mass is 10.0. The number of thiophene rings is 1. The van der Waals surface area contributed by atoms with Gasteiger partial charge >= 0.3 is 0 Å². The second-order valence-electron chi connectivity index (χ2n) is 13.5. The third-order valence-electron chi connectivity index (χ3n) is 10.8. The summed E-state index contributed by atoms with van der Waals surface area (Å²) < 4.78 is 6.84. The Balaban J connectivity index is 1.22. The highest BCUT2D eigenvalue weighted by molar-refractivity contribution is 7.26. The number of hydrogen-bond acceptors (Lipinski definition) is 2. The molecule has 0 radical (unpaired) electrons. The van der Waals surface area contributed by atoms with Crippen molar-refractivity contribution in [3.63, 3.8) is 0 Å². The number of aromatic nitrogens is 2. The molecule has 4 nitrogen and oxygen atoms in total. The van der Waals surface area contributed by atoms with Gasteiger partial charge in [-0.25, -0.2) is 4.85 Å². The summed E-state index contributed by atoms with van der Waals surface area (Å²) in [5.74, 6) is 0. The van der Waals surface area contributed by atoms with E-state index in [1.165, 1.54) is 20.2 Å². The summed E-state index contributed by atoms with van der Waals surface area (Å²) >= 11 is 1.80. The van der Waals surface area contributed by atoms with E-state index in [9.17, 15) is 5.26 Å². The van der Waals surface area contributed by atoms with E-state index in [0.29, 0.717) is 22.6 Å². The Hall–Kier alpha value is -7.18. The van der Waals surface area contributed by atoms with E-state index in [-0.39, 0.29) is 0 Å². The fraction of sp³-hybridized carbons (Fsp3) is 0. The van der Waals surface area contributed by atoms with Gasteiger partial charge in [0.2, 0.25) is 5.69 Å². The van der Waals surface area contributed by atoms with Crippen LogP contribution in [0.15, 0.2) is 158 Å². The van der Waals surface area contributed by atoms with Gasteiger partial charge < -0.3 is 9.13 Å². The first-order chi connectivity index (χ1) is 26.2. The molecule has 53 heavy (non-hydrogen) atoms. The highest BCUT2D eigenvalue weighted by atomic mass is 32.1. The van der Waals surface area contributed by atoms with Crippen LogP contribution in [-0.4, -0.2) is 9.13 Å². The molecule has 0 aliphatic heterocycles. The topological polar surface area (TPSA) is 38.0 Å². The average Bonchev–Trinajstić information content (AvgIpc) is 3.88. The fourth-order valence-corrected chi connectivity index (χ4v) is 9.62. The maximum Gasteiger partial charge on any atom is 0.212 e. The summed E-state index contributed by atoms with van der Waals surface area (Å²) in [5.41, 5.74) is 8.64. The number of nitrogens with zero attached hydrogens (tertiary/aromatic N) is 4. The molecule has 0 N–H and O–H groups in total. The summed E-state index contributed by atoms with van der Waals surface area (Å²) in [6.45, 7) is 8.55. The maximum atomic E-state index is 10.9. The number of nitriles is 1. The molecule has 0 fully saturated rings. The summed E-state index contributed by atoms with van der Waals surface area (Å²) in [7, 11) is 0. The minimum absolute atomic E-state index is 0.480. The molecule has 0 aliphatic rings. The average molecular weight is 691 g/mol. The molecule has 3 heterocycles. The van der Waals surface area contributed by atoms with Crippen molar-refractivity contribution in [1.29, 1.82) is 5.26 Å². The first kappa shape index (κ1) is 29.5. The molecule has 5 heteroatoms. The van der Waals surface area contributed by atoms with Crippen LogP contribution in [0, 0.1) is 17.9 Å². The molecule has 0 spiro atoms. The molecular weight excluding hydrogens is 665 g/mol. The van der Waals surface area contributed by atoms with E-state index < -0.39 is 0 Å². The highest BCUT2D eigenvalue weighted by Gasteiger charge is 2.23. The molecule has 0 atom stereocenters. The zero-order valence-electron chi connectivity index (χ0n) is 28.2. The maximum absolute atomic E-state index is 10.9. The van der Waals surface area contributed by atoms with Crippen molar-refractivity contribution in [2.45, 2.75) is 0 Å². The monoisotopic (exact) mass is 690 g/mol. The van der Waals surface area contributed by atoms with Crippen LogP contribution in [0.3, 0.4) is 0 Å². The predicted octanol–water partition coefficient (Wildman–Crippen LogP) is 13.5. The van der Waals surface area contributed by atoms with Crippen LogP contribution in [0.25, 0.3) is 102 Å². The first-order valence-electron chi connectivity index (χ1n) is 17.5. The van der Waals surface area contributed by atoms with Crippen molar-refractivity contribution in [3.8, 4) is 28.6 Å². The van der Waals surface area contributed by atoms with Crippen LogP contribution in [0.1, 0.15) is 5.56 Å². The van der Waals surface area contributed by atoms with Gasteiger partial charge in [0, 0.05) is 41.7 Å². The Kier molecular flexibility index (Phi) is 6.22. The zero-order valence-corrected chi connectivity index (χ0v) is 29.0. The molecule has 8 aromatic carbocycles. The van der Waals surface area contributed by atoms with Gasteiger partial charge in [0.1, 0.15) is 6.07 Å². The lowest BCUT2D eigenvalue weighted by Crippen LogP contribution is -2.01. The Morgan fingerprint density at radius 2 is 1.17 bits per heavy atom. The van der Waals surface area contributed by atoms with Gasteiger partial charge in [-0.1, -0.05) is 103 Å². The number of benzene rings is 8. The van der Waals surface area contributed by atoms with Crippen molar-refractivity contribution in [2.24, 2.45) is 0 Å². The SMILES string of the molecule is [C-]#[N+]c1cc(-n2c3ccc(-c4ccccc4)cc3c3c4ccccc4ccc32)c(C#N)cc1-n1c2ccccc2c2c3c(ccc21)sc1ccccc13. The Bertz CT molecular complexity index is 3420. The molecule has 0 bridgehead atoms. The molecule has 11 rings (SSSR count). The second-order valence-corrected chi connectivity index (χ2v) is 14.6. The summed E-state index contributed by atoms with van der Waals surface area (Å²) in [6.07, 6.45) is 0. The number of fused-ring (bicyclic) bond motifs is 12. The Labute approximate surface area is 308 Å². The van der Waals surface area contributed by atoms with E-state index in [1.54, 1.807) is 11.3 Å². The fourth-order valence-electron chi connectivity index (χ4n) is 8.50. The van der Waals surface area contributed by atoms with Crippen LogP contribution in [0.2, 0.25) is 0 Å². The van der Waals surface area contributed by atoms with Crippen LogP contribution in [-0.2, 0) is 0 Å². The molecule has 0 amide bonds. The second kappa shape index (κ2) is 11.2. The standard InChI is InChI=1S/C48H26N4S/c1-50-37-27-42(51-39-21-20-31(29-11-3-2-4-12-29)25-36(39)46-33-14-6-5-13-30(33)19-22-40(46)51)32(28-49)26-43(37)52-38-17-9-7-15-34(38)47-41(52)23-24-45-48(47)35-16-8-10-18-44(35)53-45/h2-27H. The molecule has 0 aliphatic carbocycles.